The molecular formula is C15H14N4OS. The van der Waals surface area contributed by atoms with Crippen LogP contribution in [-0.2, 0) is 0 Å². The number of pyridine rings is 1. The van der Waals surface area contributed by atoms with Gasteiger partial charge >= 0.3 is 0 Å². The Morgan fingerprint density at radius 1 is 1.43 bits per heavy atom. The van der Waals surface area contributed by atoms with Gasteiger partial charge in [0.05, 0.1) is 4.70 Å². The molecule has 5 nitrogen and oxygen atoms in total. The van der Waals surface area contributed by atoms with E-state index >= 15 is 0 Å². The van der Waals surface area contributed by atoms with Gasteiger partial charge < -0.3 is 15.7 Å². The van der Waals surface area contributed by atoms with Crippen molar-refractivity contribution in [3.05, 3.63) is 52.4 Å². The second kappa shape index (κ2) is 5.49. The number of hydrogen-bond acceptors (Lipinski definition) is 5. The van der Waals surface area contributed by atoms with Gasteiger partial charge in [0.1, 0.15) is 5.69 Å². The van der Waals surface area contributed by atoms with Crippen LogP contribution < -0.4 is 10.9 Å². The third kappa shape index (κ3) is 2.57. The number of rotatable bonds is 4. The molecule has 0 aliphatic carbocycles. The first-order valence-corrected chi connectivity index (χ1v) is 7.38. The van der Waals surface area contributed by atoms with Crippen LogP contribution >= 0.6 is 11.5 Å². The van der Waals surface area contributed by atoms with E-state index < -0.39 is 0 Å². The number of anilines is 2. The van der Waals surface area contributed by atoms with Gasteiger partial charge in [0.2, 0.25) is 0 Å². The summed E-state index contributed by atoms with van der Waals surface area (Å²) in [7, 11) is 0. The average Bonchev–Trinajstić information content (AvgIpc) is 2.92. The number of benzene rings is 1. The summed E-state index contributed by atoms with van der Waals surface area (Å²) in [6, 6.07) is 9.55. The summed E-state index contributed by atoms with van der Waals surface area (Å²) in [5.74, 6) is 0.668. The van der Waals surface area contributed by atoms with E-state index in [4.69, 9.17) is 5.41 Å². The zero-order valence-electron chi connectivity index (χ0n) is 11.4. The van der Waals surface area contributed by atoms with Gasteiger partial charge in [-0.15, -0.1) is 0 Å². The van der Waals surface area contributed by atoms with Crippen molar-refractivity contribution in [3.8, 4) is 0 Å². The van der Waals surface area contributed by atoms with Gasteiger partial charge in [-0.2, -0.15) is 4.37 Å². The van der Waals surface area contributed by atoms with Gasteiger partial charge in [0, 0.05) is 22.9 Å². The number of hydrogen-bond donors (Lipinski definition) is 3. The molecule has 2 aromatic heterocycles. The summed E-state index contributed by atoms with van der Waals surface area (Å²) >= 11 is 1.39. The van der Waals surface area contributed by atoms with Crippen LogP contribution in [-0.4, -0.2) is 15.1 Å². The molecule has 6 heteroatoms. The lowest BCUT2D eigenvalue weighted by Gasteiger charge is -2.06. The molecule has 0 fully saturated rings. The molecule has 0 saturated carbocycles. The van der Waals surface area contributed by atoms with Gasteiger partial charge in [-0.3, -0.25) is 4.79 Å². The molecule has 0 atom stereocenters. The van der Waals surface area contributed by atoms with E-state index in [1.807, 2.05) is 31.2 Å². The third-order valence-corrected chi connectivity index (χ3v) is 4.06. The minimum atomic E-state index is -0.222. The number of nitrogens with one attached hydrogen (secondary N) is 3. The quantitative estimate of drug-likeness (QED) is 0.645. The van der Waals surface area contributed by atoms with E-state index in [2.05, 4.69) is 14.7 Å². The summed E-state index contributed by atoms with van der Waals surface area (Å²) in [5, 5.41) is 11.9. The van der Waals surface area contributed by atoms with Gasteiger partial charge in [-0.05, 0) is 36.2 Å². The van der Waals surface area contributed by atoms with Crippen LogP contribution in [0, 0.1) is 5.41 Å². The lowest BCUT2D eigenvalue weighted by atomic mass is 10.1. The second-order valence-corrected chi connectivity index (χ2v) is 5.42. The lowest BCUT2D eigenvalue weighted by molar-refractivity contribution is 1.19. The van der Waals surface area contributed by atoms with Gasteiger partial charge in [0.15, 0.2) is 5.82 Å². The fourth-order valence-electron chi connectivity index (χ4n) is 2.06. The highest BCUT2D eigenvalue weighted by atomic mass is 32.1. The van der Waals surface area contributed by atoms with E-state index in [1.54, 1.807) is 12.3 Å². The Kier molecular flexibility index (Phi) is 3.53. The monoisotopic (exact) mass is 298 g/mol. The number of fused-ring (bicyclic) bond motifs is 1. The van der Waals surface area contributed by atoms with Crippen LogP contribution in [0.5, 0.6) is 0 Å². The van der Waals surface area contributed by atoms with Gasteiger partial charge in [-0.1, -0.05) is 19.1 Å². The molecule has 2 heterocycles. The molecule has 0 amide bonds. The van der Waals surface area contributed by atoms with E-state index in [0.29, 0.717) is 29.2 Å². The van der Waals surface area contributed by atoms with E-state index in [1.165, 1.54) is 11.5 Å². The average molecular weight is 298 g/mol. The fraction of sp³-hybridized carbons (Fsp3) is 0.133. The maximum absolute atomic E-state index is 11.9. The lowest BCUT2D eigenvalue weighted by Crippen LogP contribution is -2.13. The van der Waals surface area contributed by atoms with Gasteiger partial charge in [-0.25, -0.2) is 0 Å². The van der Waals surface area contributed by atoms with Crippen molar-refractivity contribution < 1.29 is 0 Å². The Labute approximate surface area is 125 Å². The molecule has 0 aliphatic heterocycles. The van der Waals surface area contributed by atoms with Crippen molar-refractivity contribution in [1.29, 1.82) is 5.41 Å². The van der Waals surface area contributed by atoms with E-state index in [9.17, 15) is 4.79 Å². The Hall–Kier alpha value is -2.47. The standard InChI is InChI=1S/C15H14N4OS/c1-2-11(16)9-7-12(15(20)17-8-9)18-14-10-5-3-4-6-13(10)21-19-14/h3-8,16H,2H2,1H3,(H,17,20)(H,18,19). The van der Waals surface area contributed by atoms with Crippen molar-refractivity contribution in [3.63, 3.8) is 0 Å². The molecular weight excluding hydrogens is 284 g/mol. The third-order valence-electron chi connectivity index (χ3n) is 3.24. The van der Waals surface area contributed by atoms with Crippen molar-refractivity contribution in [1.82, 2.24) is 9.36 Å². The summed E-state index contributed by atoms with van der Waals surface area (Å²) in [6.45, 7) is 1.91. The SMILES string of the molecule is CCC(=N)c1c[nH]c(=O)c(Nc2nsc3ccccc23)c1. The Balaban J connectivity index is 2.01. The molecule has 3 rings (SSSR count). The first-order chi connectivity index (χ1) is 10.2. The van der Waals surface area contributed by atoms with Crippen LogP contribution in [0.1, 0.15) is 18.9 Å². The van der Waals surface area contributed by atoms with Gasteiger partial charge in [0.25, 0.3) is 5.56 Å². The topological polar surface area (TPSA) is 81.6 Å². The number of H-pyrrole nitrogens is 1. The Morgan fingerprint density at radius 2 is 2.24 bits per heavy atom. The molecule has 0 saturated heterocycles. The minimum absolute atomic E-state index is 0.222. The number of nitrogens with zero attached hydrogens (tertiary/aromatic N) is 1. The van der Waals surface area contributed by atoms with E-state index in [-0.39, 0.29) is 5.56 Å². The summed E-state index contributed by atoms with van der Waals surface area (Å²) < 4.78 is 5.41. The largest absolute Gasteiger partial charge is 0.334 e. The van der Waals surface area contributed by atoms with Crippen molar-refractivity contribution >= 4 is 38.8 Å². The van der Waals surface area contributed by atoms with Crippen molar-refractivity contribution in [2.24, 2.45) is 0 Å². The molecule has 21 heavy (non-hydrogen) atoms. The smallest absolute Gasteiger partial charge is 0.271 e. The number of aromatic nitrogens is 2. The molecule has 0 bridgehead atoms. The highest BCUT2D eigenvalue weighted by Crippen LogP contribution is 2.27. The maximum Gasteiger partial charge on any atom is 0.271 e. The van der Waals surface area contributed by atoms with Crippen LogP contribution in [0.25, 0.3) is 10.1 Å². The van der Waals surface area contributed by atoms with Crippen molar-refractivity contribution in [2.75, 3.05) is 5.32 Å². The van der Waals surface area contributed by atoms with Crippen molar-refractivity contribution in [2.45, 2.75) is 13.3 Å². The Bertz CT molecular complexity index is 865. The molecule has 0 radical (unpaired) electrons. The van der Waals surface area contributed by atoms with E-state index in [0.717, 1.165) is 10.1 Å². The molecule has 3 N–H and O–H groups in total. The molecule has 1 aromatic carbocycles. The summed E-state index contributed by atoms with van der Waals surface area (Å²) in [6.07, 6.45) is 2.18. The van der Waals surface area contributed by atoms with Crippen LogP contribution in [0.3, 0.4) is 0 Å². The maximum atomic E-state index is 11.9. The predicted molar refractivity (Wildman–Crippen MR) is 87.1 cm³/mol. The molecule has 0 aliphatic rings. The minimum Gasteiger partial charge on any atom is -0.334 e. The zero-order valence-corrected chi connectivity index (χ0v) is 12.3. The van der Waals surface area contributed by atoms with Crippen LogP contribution in [0.4, 0.5) is 11.5 Å². The molecule has 106 valence electrons. The van der Waals surface area contributed by atoms with Crippen LogP contribution in [0.15, 0.2) is 41.3 Å². The Morgan fingerprint density at radius 3 is 3.05 bits per heavy atom. The highest BCUT2D eigenvalue weighted by molar-refractivity contribution is 7.13. The normalized spacial score (nSPS) is 10.7. The fourth-order valence-corrected chi connectivity index (χ4v) is 2.79. The molecule has 3 aromatic rings. The first-order valence-electron chi connectivity index (χ1n) is 6.61. The summed E-state index contributed by atoms with van der Waals surface area (Å²) in [4.78, 5) is 14.6. The highest BCUT2D eigenvalue weighted by Gasteiger charge is 2.09. The predicted octanol–water partition coefficient (Wildman–Crippen LogP) is 3.51. The second-order valence-electron chi connectivity index (χ2n) is 4.62. The van der Waals surface area contributed by atoms with Crippen LogP contribution in [0.2, 0.25) is 0 Å². The molecule has 0 unspecified atom stereocenters. The summed E-state index contributed by atoms with van der Waals surface area (Å²) in [5.41, 5.74) is 1.37. The zero-order chi connectivity index (χ0) is 14.8. The molecule has 0 spiro atoms. The first kappa shape index (κ1) is 13.5. The number of aromatic amines is 1.